The maximum absolute atomic E-state index is 13.9. The largest absolute Gasteiger partial charge is 0.490 e. The third-order valence-corrected chi connectivity index (χ3v) is 5.00. The second-order valence-electron chi connectivity index (χ2n) is 4.86. The highest BCUT2D eigenvalue weighted by Gasteiger charge is 2.18. The second kappa shape index (κ2) is 9.80. The van der Waals surface area contributed by atoms with Gasteiger partial charge in [-0.25, -0.2) is 12.8 Å². The van der Waals surface area contributed by atoms with Gasteiger partial charge in [0.1, 0.15) is 17.3 Å². The molecule has 1 fully saturated rings. The molecule has 1 atom stereocenters. The van der Waals surface area contributed by atoms with Crippen LogP contribution >= 0.6 is 32.3 Å². The molecule has 120 valence electrons. The lowest BCUT2D eigenvalue weighted by atomic mass is 9.97. The van der Waals surface area contributed by atoms with Crippen LogP contribution in [0.25, 0.3) is 0 Å². The molecular formula is C15H25FIN2OP. The minimum Gasteiger partial charge on any atom is -0.490 e. The topological polar surface area (TPSA) is 24.5 Å². The zero-order valence-electron chi connectivity index (χ0n) is 13.0. The molecule has 1 aliphatic rings. The molecule has 1 aromatic rings. The molecule has 2 rings (SSSR count). The molecule has 0 aromatic heterocycles. The van der Waals surface area contributed by atoms with Gasteiger partial charge in [-0.1, -0.05) is 20.3 Å². The van der Waals surface area contributed by atoms with E-state index < -0.39 is 0 Å². The van der Waals surface area contributed by atoms with Crippen LogP contribution in [0.3, 0.4) is 0 Å². The highest BCUT2D eigenvalue weighted by Crippen LogP contribution is 2.32. The van der Waals surface area contributed by atoms with E-state index in [0.29, 0.717) is 5.69 Å². The van der Waals surface area contributed by atoms with Crippen molar-refractivity contribution in [1.82, 2.24) is 5.20 Å². The van der Waals surface area contributed by atoms with E-state index in [2.05, 4.69) is 14.6 Å². The minimum absolute atomic E-state index is 0.252. The first kappa shape index (κ1) is 18.9. The van der Waals surface area contributed by atoms with Crippen LogP contribution in [0.2, 0.25) is 0 Å². The summed E-state index contributed by atoms with van der Waals surface area (Å²) in [5.41, 5.74) is 1.33. The molecule has 21 heavy (non-hydrogen) atoms. The number of anilines is 1. The first-order valence-electron chi connectivity index (χ1n) is 7.50. The van der Waals surface area contributed by atoms with Crippen LogP contribution in [0.5, 0.6) is 5.75 Å². The standard InChI is InChI=1S/C13H19FIN2OP.C2H6/c1-9-7-11(14)12(17(15)16-19)8-13(9)18-10-5-3-2-4-6-10;1-2/h7-8,10,16H,2-6,19H2,1H3;1-2H3. The lowest BCUT2D eigenvalue weighted by Crippen LogP contribution is -2.22. The van der Waals surface area contributed by atoms with Crippen molar-refractivity contribution in [2.75, 3.05) is 3.22 Å². The minimum atomic E-state index is -0.252. The van der Waals surface area contributed by atoms with Gasteiger partial charge in [0.2, 0.25) is 0 Å². The monoisotopic (exact) mass is 426 g/mol. The Hall–Kier alpha value is -0.130. The van der Waals surface area contributed by atoms with Gasteiger partial charge in [-0.2, -0.15) is 0 Å². The lowest BCUT2D eigenvalue weighted by Gasteiger charge is -2.25. The number of halogens is 2. The molecule has 0 radical (unpaired) electrons. The summed E-state index contributed by atoms with van der Waals surface area (Å²) in [6.45, 7) is 5.89. The lowest BCUT2D eigenvalue weighted by molar-refractivity contribution is 0.154. The van der Waals surface area contributed by atoms with Gasteiger partial charge in [-0.3, -0.25) is 0 Å². The Morgan fingerprint density at radius 3 is 2.48 bits per heavy atom. The van der Waals surface area contributed by atoms with Crippen molar-refractivity contribution < 1.29 is 9.13 Å². The van der Waals surface area contributed by atoms with E-state index in [1.807, 2.05) is 43.6 Å². The van der Waals surface area contributed by atoms with Crippen molar-refractivity contribution in [2.24, 2.45) is 0 Å². The van der Waals surface area contributed by atoms with Crippen molar-refractivity contribution in [3.63, 3.8) is 0 Å². The fourth-order valence-corrected chi connectivity index (χ4v) is 2.86. The van der Waals surface area contributed by atoms with E-state index in [1.54, 1.807) is 9.29 Å². The fourth-order valence-electron chi connectivity index (χ4n) is 2.35. The molecule has 0 heterocycles. The summed E-state index contributed by atoms with van der Waals surface area (Å²) in [6, 6.07) is 3.30. The van der Waals surface area contributed by atoms with Gasteiger partial charge in [0, 0.05) is 6.07 Å². The van der Waals surface area contributed by atoms with Crippen LogP contribution in [0.4, 0.5) is 10.1 Å². The van der Waals surface area contributed by atoms with E-state index in [-0.39, 0.29) is 11.9 Å². The Balaban J connectivity index is 0.00000106. The fraction of sp³-hybridized carbons (Fsp3) is 0.600. The van der Waals surface area contributed by atoms with Crippen LogP contribution < -0.4 is 13.2 Å². The number of hydrogen-bond acceptors (Lipinski definition) is 3. The maximum Gasteiger partial charge on any atom is 0.149 e. The summed E-state index contributed by atoms with van der Waals surface area (Å²) in [4.78, 5) is 0. The smallest absolute Gasteiger partial charge is 0.149 e. The second-order valence-corrected chi connectivity index (χ2v) is 6.08. The van der Waals surface area contributed by atoms with Crippen LogP contribution in [-0.2, 0) is 0 Å². The van der Waals surface area contributed by atoms with Gasteiger partial charge < -0.3 is 4.74 Å². The zero-order valence-corrected chi connectivity index (χ0v) is 16.3. The zero-order chi connectivity index (χ0) is 15.8. The Morgan fingerprint density at radius 2 is 1.90 bits per heavy atom. The molecule has 1 unspecified atom stereocenters. The first-order valence-corrected chi connectivity index (χ1v) is 9.05. The summed E-state index contributed by atoms with van der Waals surface area (Å²) >= 11 is 2.00. The SMILES string of the molecule is CC.Cc1cc(F)c(N(I)NP)cc1OC1CCCCC1. The molecule has 0 spiro atoms. The number of nitrogens with one attached hydrogen (secondary N) is 1. The summed E-state index contributed by atoms with van der Waals surface area (Å²) in [6.07, 6.45) is 6.22. The Bertz CT molecular complexity index is 442. The number of hydrazine groups is 1. The van der Waals surface area contributed by atoms with Crippen LogP contribution in [0, 0.1) is 12.7 Å². The highest BCUT2D eigenvalue weighted by atomic mass is 127. The van der Waals surface area contributed by atoms with Gasteiger partial charge in [0.15, 0.2) is 0 Å². The number of hydrogen-bond donors (Lipinski definition) is 1. The van der Waals surface area contributed by atoms with E-state index in [0.717, 1.165) is 24.2 Å². The van der Waals surface area contributed by atoms with Crippen molar-refractivity contribution in [2.45, 2.75) is 59.0 Å². The van der Waals surface area contributed by atoms with Crippen LogP contribution in [0.15, 0.2) is 12.1 Å². The van der Waals surface area contributed by atoms with E-state index in [4.69, 9.17) is 4.74 Å². The summed E-state index contributed by atoms with van der Waals surface area (Å²) in [5, 5.41) is 2.81. The van der Waals surface area contributed by atoms with Gasteiger partial charge in [0.05, 0.1) is 29.0 Å². The summed E-state index contributed by atoms with van der Waals surface area (Å²) in [7, 11) is 2.35. The number of ether oxygens (including phenoxy) is 1. The van der Waals surface area contributed by atoms with E-state index >= 15 is 0 Å². The van der Waals surface area contributed by atoms with Crippen molar-refractivity contribution in [1.29, 1.82) is 0 Å². The third kappa shape index (κ3) is 5.53. The Kier molecular flexibility index (Phi) is 8.83. The normalized spacial score (nSPS) is 15.1. The van der Waals surface area contributed by atoms with Gasteiger partial charge in [-0.15, -0.1) is 0 Å². The molecule has 1 aliphatic carbocycles. The maximum atomic E-state index is 13.9. The number of benzene rings is 1. The van der Waals surface area contributed by atoms with Gasteiger partial charge in [0.25, 0.3) is 0 Å². The number of aryl methyl sites for hydroxylation is 1. The number of nitrogens with zero attached hydrogens (tertiary/aromatic N) is 1. The number of rotatable bonds is 4. The molecule has 6 heteroatoms. The average Bonchev–Trinajstić information content (AvgIpc) is 2.52. The van der Waals surface area contributed by atoms with Gasteiger partial charge >= 0.3 is 0 Å². The van der Waals surface area contributed by atoms with Crippen molar-refractivity contribution in [3.05, 3.63) is 23.5 Å². The van der Waals surface area contributed by atoms with E-state index in [1.165, 1.54) is 25.3 Å². The van der Waals surface area contributed by atoms with E-state index in [9.17, 15) is 4.39 Å². The van der Waals surface area contributed by atoms with Crippen LogP contribution in [0.1, 0.15) is 51.5 Å². The van der Waals surface area contributed by atoms with Crippen molar-refractivity contribution >= 4 is 37.9 Å². The molecule has 1 aromatic carbocycles. The van der Waals surface area contributed by atoms with Crippen LogP contribution in [-0.4, -0.2) is 6.10 Å². The molecule has 0 aliphatic heterocycles. The molecule has 1 N–H and O–H groups in total. The molecule has 0 bridgehead atoms. The third-order valence-electron chi connectivity index (χ3n) is 3.42. The quantitative estimate of drug-likeness (QED) is 0.305. The Labute approximate surface area is 143 Å². The molecule has 1 saturated carbocycles. The molecule has 0 amide bonds. The Morgan fingerprint density at radius 1 is 1.29 bits per heavy atom. The highest BCUT2D eigenvalue weighted by molar-refractivity contribution is 14.1. The molecule has 3 nitrogen and oxygen atoms in total. The van der Waals surface area contributed by atoms with Gasteiger partial charge in [-0.05, 0) is 53.6 Å². The average molecular weight is 426 g/mol. The first-order chi connectivity index (χ1) is 10.1. The summed E-state index contributed by atoms with van der Waals surface area (Å²) < 4.78 is 21.5. The molecule has 0 saturated heterocycles. The molecular weight excluding hydrogens is 401 g/mol. The predicted molar refractivity (Wildman–Crippen MR) is 99.3 cm³/mol. The summed E-state index contributed by atoms with van der Waals surface area (Å²) in [5.74, 6) is 0.531. The van der Waals surface area contributed by atoms with Crippen molar-refractivity contribution in [3.8, 4) is 5.75 Å². The predicted octanol–water partition coefficient (Wildman–Crippen LogP) is 5.32.